The number of hydrogen-bond donors (Lipinski definition) is 0. The van der Waals surface area contributed by atoms with Crippen molar-refractivity contribution in [1.82, 2.24) is 9.13 Å². The van der Waals surface area contributed by atoms with Crippen LogP contribution in [0.3, 0.4) is 0 Å². The first-order valence-corrected chi connectivity index (χ1v) is 21.8. The predicted octanol–water partition coefficient (Wildman–Crippen LogP) is 16.6. The fourth-order valence-corrected chi connectivity index (χ4v) is 10.0. The summed E-state index contributed by atoms with van der Waals surface area (Å²) in [6, 6.07) is 85.0. The molecule has 0 unspecified atom stereocenters. The van der Waals surface area contributed by atoms with E-state index in [9.17, 15) is 0 Å². The molecule has 4 nitrogen and oxygen atoms in total. The summed E-state index contributed by atoms with van der Waals surface area (Å²) in [5.41, 5.74) is 16.5. The van der Waals surface area contributed by atoms with Crippen LogP contribution in [0, 0.1) is 0 Å². The quantitative estimate of drug-likeness (QED) is 0.160. The minimum atomic E-state index is 0.838. The van der Waals surface area contributed by atoms with Crippen LogP contribution in [-0.2, 0) is 0 Å². The summed E-state index contributed by atoms with van der Waals surface area (Å²) >= 11 is 0. The lowest BCUT2D eigenvalue weighted by Crippen LogP contribution is -2.09. The molecule has 3 heterocycles. The Balaban J connectivity index is 0.927. The van der Waals surface area contributed by atoms with Gasteiger partial charge in [0.05, 0.1) is 33.1 Å². The smallest absolute Gasteiger partial charge is 0.137 e. The number of benzene rings is 10. The maximum Gasteiger partial charge on any atom is 0.137 e. The van der Waals surface area contributed by atoms with Crippen molar-refractivity contribution < 1.29 is 4.42 Å². The summed E-state index contributed by atoms with van der Waals surface area (Å²) in [6.45, 7) is 0. The first-order valence-electron chi connectivity index (χ1n) is 21.8. The first-order chi connectivity index (χ1) is 31.7. The highest BCUT2D eigenvalue weighted by Crippen LogP contribution is 2.43. The molecule has 0 N–H and O–H groups in total. The number of rotatable bonds is 7. The molecular formula is C60H39N3O. The standard InChI is InChI=1S/C60H39N3O/c1-2-14-40(15-3-1)41-28-32-44(33-29-41)61(45-34-30-42(31-35-45)43-16-12-17-46(38-43)62-53-22-8-4-18-48(53)49-19-5-9-23-54(49)62)47-36-37-52-59(39-47)64-58-27-13-26-57(60(52)58)63-55-24-10-6-20-50(55)51-21-7-11-25-56(51)63/h1-39H. The summed E-state index contributed by atoms with van der Waals surface area (Å²) in [5, 5.41) is 7.17. The van der Waals surface area contributed by atoms with E-state index in [1.165, 1.54) is 54.7 Å². The molecule has 0 atom stereocenters. The summed E-state index contributed by atoms with van der Waals surface area (Å²) in [7, 11) is 0. The Morgan fingerprint density at radius 1 is 0.297 bits per heavy atom. The van der Waals surface area contributed by atoms with E-state index in [1.54, 1.807) is 0 Å². The van der Waals surface area contributed by atoms with Gasteiger partial charge in [-0.25, -0.2) is 0 Å². The van der Waals surface area contributed by atoms with Crippen LogP contribution in [0.5, 0.6) is 0 Å². The summed E-state index contributed by atoms with van der Waals surface area (Å²) in [6.07, 6.45) is 0. The van der Waals surface area contributed by atoms with Crippen LogP contribution in [0.4, 0.5) is 17.1 Å². The molecule has 13 rings (SSSR count). The van der Waals surface area contributed by atoms with Gasteiger partial charge in [0.25, 0.3) is 0 Å². The highest BCUT2D eigenvalue weighted by atomic mass is 16.3. The Bertz CT molecular complexity index is 3780. The molecule has 0 saturated carbocycles. The van der Waals surface area contributed by atoms with Crippen LogP contribution >= 0.6 is 0 Å². The van der Waals surface area contributed by atoms with Gasteiger partial charge in [-0.05, 0) is 107 Å². The van der Waals surface area contributed by atoms with E-state index >= 15 is 0 Å². The third-order valence-corrected chi connectivity index (χ3v) is 12.9. The average molecular weight is 818 g/mol. The molecule has 0 amide bonds. The number of nitrogens with zero attached hydrogens (tertiary/aromatic N) is 3. The zero-order valence-electron chi connectivity index (χ0n) is 34.8. The van der Waals surface area contributed by atoms with Crippen molar-refractivity contribution in [3.63, 3.8) is 0 Å². The minimum Gasteiger partial charge on any atom is -0.456 e. The molecule has 300 valence electrons. The van der Waals surface area contributed by atoms with Crippen molar-refractivity contribution in [1.29, 1.82) is 0 Å². The highest BCUT2D eigenvalue weighted by Gasteiger charge is 2.20. The summed E-state index contributed by atoms with van der Waals surface area (Å²) in [5.74, 6) is 0. The lowest BCUT2D eigenvalue weighted by atomic mass is 10.0. The Labute approximate surface area is 369 Å². The van der Waals surface area contributed by atoms with Gasteiger partial charge in [0.2, 0.25) is 0 Å². The zero-order valence-corrected chi connectivity index (χ0v) is 34.8. The number of furan rings is 1. The highest BCUT2D eigenvalue weighted by molar-refractivity contribution is 6.15. The van der Waals surface area contributed by atoms with E-state index in [4.69, 9.17) is 4.42 Å². The second-order valence-corrected chi connectivity index (χ2v) is 16.5. The summed E-state index contributed by atoms with van der Waals surface area (Å²) < 4.78 is 11.5. The Morgan fingerprint density at radius 3 is 1.36 bits per heavy atom. The fraction of sp³-hybridized carbons (Fsp3) is 0. The van der Waals surface area contributed by atoms with Gasteiger partial charge < -0.3 is 18.5 Å². The molecule has 0 aliphatic carbocycles. The van der Waals surface area contributed by atoms with Crippen LogP contribution < -0.4 is 4.90 Å². The number of aromatic nitrogens is 2. The molecule has 3 aromatic heterocycles. The molecule has 10 aromatic carbocycles. The van der Waals surface area contributed by atoms with Gasteiger partial charge in [-0.3, -0.25) is 0 Å². The second kappa shape index (κ2) is 14.5. The van der Waals surface area contributed by atoms with Crippen LogP contribution in [-0.4, -0.2) is 9.13 Å². The molecule has 0 aliphatic heterocycles. The SMILES string of the molecule is c1ccc(-c2ccc(N(c3ccc(-c4cccc(-n5c6ccccc6c6ccccc65)c4)cc3)c3ccc4c(c3)oc3cccc(-n5c6ccccc6c6ccccc65)c34)cc2)cc1. The van der Waals surface area contributed by atoms with Gasteiger partial charge in [0.1, 0.15) is 11.2 Å². The molecule has 0 bridgehead atoms. The number of fused-ring (bicyclic) bond motifs is 9. The lowest BCUT2D eigenvalue weighted by molar-refractivity contribution is 0.669. The van der Waals surface area contributed by atoms with Gasteiger partial charge >= 0.3 is 0 Å². The maximum atomic E-state index is 6.79. The van der Waals surface area contributed by atoms with Crippen molar-refractivity contribution in [2.45, 2.75) is 0 Å². The second-order valence-electron chi connectivity index (χ2n) is 16.5. The van der Waals surface area contributed by atoms with E-state index in [-0.39, 0.29) is 0 Å². The van der Waals surface area contributed by atoms with Crippen molar-refractivity contribution in [3.8, 4) is 33.6 Å². The van der Waals surface area contributed by atoms with Gasteiger partial charge in [0.15, 0.2) is 0 Å². The Kier molecular flexibility index (Phi) is 8.18. The van der Waals surface area contributed by atoms with E-state index in [0.29, 0.717) is 0 Å². The van der Waals surface area contributed by atoms with Crippen LogP contribution in [0.1, 0.15) is 0 Å². The number of hydrogen-bond acceptors (Lipinski definition) is 2. The molecule has 64 heavy (non-hydrogen) atoms. The molecule has 0 fully saturated rings. The maximum absolute atomic E-state index is 6.79. The van der Waals surface area contributed by atoms with Gasteiger partial charge in [0, 0.05) is 55.7 Å². The molecular weight excluding hydrogens is 779 g/mol. The topological polar surface area (TPSA) is 26.2 Å². The predicted molar refractivity (Wildman–Crippen MR) is 268 cm³/mol. The van der Waals surface area contributed by atoms with E-state index < -0.39 is 0 Å². The van der Waals surface area contributed by atoms with Crippen LogP contribution in [0.15, 0.2) is 241 Å². The largest absolute Gasteiger partial charge is 0.456 e. The van der Waals surface area contributed by atoms with Crippen molar-refractivity contribution in [3.05, 3.63) is 237 Å². The molecule has 13 aromatic rings. The number of anilines is 3. The Morgan fingerprint density at radius 2 is 0.766 bits per heavy atom. The summed E-state index contributed by atoms with van der Waals surface area (Å²) in [4.78, 5) is 2.33. The van der Waals surface area contributed by atoms with Crippen molar-refractivity contribution >= 4 is 82.6 Å². The minimum absolute atomic E-state index is 0.838. The van der Waals surface area contributed by atoms with Crippen molar-refractivity contribution in [2.24, 2.45) is 0 Å². The molecule has 4 heteroatoms. The van der Waals surface area contributed by atoms with Crippen molar-refractivity contribution in [2.75, 3.05) is 4.90 Å². The normalized spacial score (nSPS) is 11.8. The third-order valence-electron chi connectivity index (χ3n) is 12.9. The van der Waals surface area contributed by atoms with E-state index in [1.807, 2.05) is 0 Å². The molecule has 0 radical (unpaired) electrons. The molecule has 0 saturated heterocycles. The zero-order chi connectivity index (χ0) is 42.1. The monoisotopic (exact) mass is 817 g/mol. The average Bonchev–Trinajstić information content (AvgIpc) is 4.03. The van der Waals surface area contributed by atoms with Crippen LogP contribution in [0.2, 0.25) is 0 Å². The van der Waals surface area contributed by atoms with Gasteiger partial charge in [-0.1, -0.05) is 146 Å². The van der Waals surface area contributed by atoms with Gasteiger partial charge in [-0.15, -0.1) is 0 Å². The lowest BCUT2D eigenvalue weighted by Gasteiger charge is -2.26. The Hall–Kier alpha value is -8.60. The van der Waals surface area contributed by atoms with Gasteiger partial charge in [-0.2, -0.15) is 0 Å². The molecule has 0 spiro atoms. The third kappa shape index (κ3) is 5.70. The first kappa shape index (κ1) is 36.1. The fourth-order valence-electron chi connectivity index (χ4n) is 10.0. The van der Waals surface area contributed by atoms with E-state index in [2.05, 4.69) is 251 Å². The molecule has 0 aliphatic rings. The van der Waals surface area contributed by atoms with Crippen LogP contribution in [0.25, 0.3) is 99.2 Å². The van der Waals surface area contributed by atoms with E-state index in [0.717, 1.165) is 61.5 Å². The number of para-hydroxylation sites is 4.